The Morgan fingerprint density at radius 1 is 1.00 bits per heavy atom. The van der Waals surface area contributed by atoms with Crippen LogP contribution in [0.3, 0.4) is 0 Å². The molecule has 0 spiro atoms. The summed E-state index contributed by atoms with van der Waals surface area (Å²) in [5.74, 6) is -3.21. The Hall–Kier alpha value is -1.85. The number of aliphatic hydroxyl groups excluding tert-OH is 1. The van der Waals surface area contributed by atoms with E-state index in [9.17, 15) is 18.3 Å². The van der Waals surface area contributed by atoms with Crippen LogP contribution in [0.1, 0.15) is 17.2 Å². The molecule has 0 amide bonds. The molecule has 0 unspecified atom stereocenters. The van der Waals surface area contributed by atoms with Crippen LogP contribution in [0.25, 0.3) is 0 Å². The normalized spacial score (nSPS) is 14.1. The third kappa shape index (κ3) is 3.18. The lowest BCUT2D eigenvalue weighted by Crippen LogP contribution is -2.30. The van der Waals surface area contributed by atoms with Gasteiger partial charge in [0, 0.05) is 24.1 Å². The van der Waals surface area contributed by atoms with Gasteiger partial charge in [0.15, 0.2) is 0 Å². The average Bonchev–Trinajstić information content (AvgIpc) is 2.38. The number of nitrogens with two attached hydrogens (primary N) is 1. The van der Waals surface area contributed by atoms with Crippen molar-refractivity contribution in [1.82, 2.24) is 0 Å². The van der Waals surface area contributed by atoms with E-state index in [0.717, 1.165) is 5.56 Å². The van der Waals surface area contributed by atoms with Crippen LogP contribution in [0, 0.1) is 17.5 Å². The summed E-state index contributed by atoms with van der Waals surface area (Å²) in [6.45, 7) is 0. The van der Waals surface area contributed by atoms with Gasteiger partial charge in [-0.1, -0.05) is 30.3 Å². The van der Waals surface area contributed by atoms with Crippen LogP contribution in [0.5, 0.6) is 0 Å². The van der Waals surface area contributed by atoms with Gasteiger partial charge in [-0.2, -0.15) is 0 Å². The highest BCUT2D eigenvalue weighted by atomic mass is 19.1. The predicted molar refractivity (Wildman–Crippen MR) is 69.4 cm³/mol. The van der Waals surface area contributed by atoms with E-state index in [0.29, 0.717) is 12.1 Å². The van der Waals surface area contributed by atoms with E-state index in [1.54, 1.807) is 24.3 Å². The summed E-state index contributed by atoms with van der Waals surface area (Å²) < 4.78 is 40.0. The minimum atomic E-state index is -1.27. The number of benzene rings is 2. The number of halogens is 3. The fourth-order valence-electron chi connectivity index (χ4n) is 2.05. The molecule has 0 aliphatic rings. The van der Waals surface area contributed by atoms with E-state index in [4.69, 9.17) is 5.73 Å². The highest BCUT2D eigenvalue weighted by Gasteiger charge is 2.24. The topological polar surface area (TPSA) is 46.2 Å². The van der Waals surface area contributed by atoms with Crippen molar-refractivity contribution in [3.8, 4) is 0 Å². The minimum absolute atomic E-state index is 0.151. The number of hydrogen-bond donors (Lipinski definition) is 2. The summed E-state index contributed by atoms with van der Waals surface area (Å²) in [5, 5.41) is 9.99. The molecule has 2 aromatic rings. The zero-order valence-corrected chi connectivity index (χ0v) is 10.6. The van der Waals surface area contributed by atoms with Crippen LogP contribution in [0.2, 0.25) is 0 Å². The van der Waals surface area contributed by atoms with Gasteiger partial charge in [-0.3, -0.25) is 0 Å². The van der Waals surface area contributed by atoms with Gasteiger partial charge in [0.05, 0.1) is 12.1 Å². The molecule has 0 heterocycles. The summed E-state index contributed by atoms with van der Waals surface area (Å²) >= 11 is 0. The number of aliphatic hydroxyl groups is 1. The summed E-state index contributed by atoms with van der Waals surface area (Å²) in [6, 6.07) is 8.76. The molecule has 2 aromatic carbocycles. The van der Waals surface area contributed by atoms with Crippen LogP contribution in [0.4, 0.5) is 13.2 Å². The first-order valence-corrected chi connectivity index (χ1v) is 6.11. The Morgan fingerprint density at radius 2 is 1.55 bits per heavy atom. The Bertz CT molecular complexity index is 566. The molecule has 0 fully saturated rings. The molecule has 0 radical (unpaired) electrons. The summed E-state index contributed by atoms with van der Waals surface area (Å²) in [4.78, 5) is 0. The molecule has 106 valence electrons. The van der Waals surface area contributed by atoms with Gasteiger partial charge in [-0.05, 0) is 5.56 Å². The van der Waals surface area contributed by atoms with Gasteiger partial charge in [-0.15, -0.1) is 0 Å². The third-order valence-corrected chi connectivity index (χ3v) is 3.08. The number of hydrogen-bond acceptors (Lipinski definition) is 2. The van der Waals surface area contributed by atoms with E-state index in [1.165, 1.54) is 0 Å². The number of rotatable bonds is 4. The van der Waals surface area contributed by atoms with Crippen molar-refractivity contribution in [1.29, 1.82) is 0 Å². The minimum Gasteiger partial charge on any atom is -0.391 e. The Kier molecular flexibility index (Phi) is 4.42. The maximum absolute atomic E-state index is 13.6. The van der Waals surface area contributed by atoms with E-state index in [-0.39, 0.29) is 6.42 Å². The van der Waals surface area contributed by atoms with Gasteiger partial charge >= 0.3 is 0 Å². The maximum atomic E-state index is 13.6. The largest absolute Gasteiger partial charge is 0.391 e. The molecule has 0 aliphatic heterocycles. The van der Waals surface area contributed by atoms with Crippen molar-refractivity contribution in [2.24, 2.45) is 5.73 Å². The molecule has 0 aliphatic carbocycles. The maximum Gasteiger partial charge on any atom is 0.133 e. The van der Waals surface area contributed by atoms with E-state index in [2.05, 4.69) is 0 Å². The van der Waals surface area contributed by atoms with Crippen LogP contribution < -0.4 is 5.73 Å². The fourth-order valence-corrected chi connectivity index (χ4v) is 2.05. The molecule has 5 heteroatoms. The Labute approximate surface area is 114 Å². The van der Waals surface area contributed by atoms with Gasteiger partial charge in [0.2, 0.25) is 0 Å². The monoisotopic (exact) mass is 281 g/mol. The zero-order chi connectivity index (χ0) is 14.7. The molecule has 2 rings (SSSR count). The molecular weight excluding hydrogens is 267 g/mol. The lowest BCUT2D eigenvalue weighted by molar-refractivity contribution is 0.141. The second kappa shape index (κ2) is 6.07. The zero-order valence-electron chi connectivity index (χ0n) is 10.6. The Morgan fingerprint density at radius 3 is 2.10 bits per heavy atom. The van der Waals surface area contributed by atoms with E-state index < -0.39 is 35.2 Å². The third-order valence-electron chi connectivity index (χ3n) is 3.08. The predicted octanol–water partition coefficient (Wildman–Crippen LogP) is 2.71. The lowest BCUT2D eigenvalue weighted by atomic mass is 9.96. The van der Waals surface area contributed by atoms with Crippen molar-refractivity contribution in [3.05, 3.63) is 71.0 Å². The van der Waals surface area contributed by atoms with Crippen molar-refractivity contribution < 1.29 is 18.3 Å². The Balaban J connectivity index is 2.21. The van der Waals surface area contributed by atoms with Crippen LogP contribution in [-0.2, 0) is 6.42 Å². The second-order valence-electron chi connectivity index (χ2n) is 4.57. The summed E-state index contributed by atoms with van der Waals surface area (Å²) in [6.07, 6.45) is -1.02. The highest BCUT2D eigenvalue weighted by Crippen LogP contribution is 2.24. The standard InChI is InChI=1S/C15H14F3NO/c16-10-7-11(17)14(12(18)8-10)15(19)13(20)6-9-4-2-1-3-5-9/h1-5,7-8,13,15,20H,6,19H2/t13-,15-/m0/s1. The smallest absolute Gasteiger partial charge is 0.133 e. The first-order valence-electron chi connectivity index (χ1n) is 6.11. The van der Waals surface area contributed by atoms with Gasteiger partial charge < -0.3 is 10.8 Å². The molecular formula is C15H14F3NO. The van der Waals surface area contributed by atoms with E-state index >= 15 is 0 Å². The highest BCUT2D eigenvalue weighted by molar-refractivity contribution is 5.26. The van der Waals surface area contributed by atoms with Crippen LogP contribution >= 0.6 is 0 Å². The van der Waals surface area contributed by atoms with Gasteiger partial charge in [0.25, 0.3) is 0 Å². The molecule has 0 saturated heterocycles. The van der Waals surface area contributed by atoms with Crippen molar-refractivity contribution in [3.63, 3.8) is 0 Å². The molecule has 0 saturated carbocycles. The van der Waals surface area contributed by atoms with Gasteiger partial charge in [0.1, 0.15) is 17.5 Å². The SMILES string of the molecule is N[C@H](c1c(F)cc(F)cc1F)[C@@H](O)Cc1ccccc1. The lowest BCUT2D eigenvalue weighted by Gasteiger charge is -2.20. The molecule has 3 N–H and O–H groups in total. The quantitative estimate of drug-likeness (QED) is 0.905. The second-order valence-corrected chi connectivity index (χ2v) is 4.57. The van der Waals surface area contributed by atoms with E-state index in [1.807, 2.05) is 6.07 Å². The summed E-state index contributed by atoms with van der Waals surface area (Å²) in [5.41, 5.74) is 5.97. The molecule has 0 bridgehead atoms. The van der Waals surface area contributed by atoms with Gasteiger partial charge in [-0.25, -0.2) is 13.2 Å². The van der Waals surface area contributed by atoms with Crippen molar-refractivity contribution in [2.45, 2.75) is 18.6 Å². The fraction of sp³-hybridized carbons (Fsp3) is 0.200. The molecule has 2 nitrogen and oxygen atoms in total. The summed E-state index contributed by atoms with van der Waals surface area (Å²) in [7, 11) is 0. The van der Waals surface area contributed by atoms with Crippen LogP contribution in [0.15, 0.2) is 42.5 Å². The van der Waals surface area contributed by atoms with Crippen LogP contribution in [-0.4, -0.2) is 11.2 Å². The average molecular weight is 281 g/mol. The van der Waals surface area contributed by atoms with Crippen molar-refractivity contribution in [2.75, 3.05) is 0 Å². The first kappa shape index (κ1) is 14.6. The molecule has 2 atom stereocenters. The molecule has 20 heavy (non-hydrogen) atoms. The molecule has 0 aromatic heterocycles. The first-order chi connectivity index (χ1) is 9.49. The van der Waals surface area contributed by atoms with Crippen molar-refractivity contribution >= 4 is 0 Å².